The average molecular weight is 319 g/mol. The first kappa shape index (κ1) is 14.7. The van der Waals surface area contributed by atoms with Crippen molar-refractivity contribution >= 4 is 27.9 Å². The molecule has 3 aromatic rings. The fourth-order valence-corrected chi connectivity index (χ4v) is 3.59. The monoisotopic (exact) mass is 319 g/mol. The second kappa shape index (κ2) is 5.64. The van der Waals surface area contributed by atoms with Gasteiger partial charge in [0.2, 0.25) is 11.1 Å². The van der Waals surface area contributed by atoms with E-state index in [1.54, 1.807) is 0 Å². The van der Waals surface area contributed by atoms with E-state index in [1.807, 2.05) is 24.3 Å². The molecule has 0 unspecified atom stereocenters. The SMILES string of the molecule is N#Cc1cc2c(=O)c3cc(C4CCCCC4)ccc3oc2nc1N. The van der Waals surface area contributed by atoms with Crippen molar-refractivity contribution < 1.29 is 4.42 Å². The standard InChI is InChI=1S/C19H17N3O2/c20-10-13-9-15-17(23)14-8-12(11-4-2-1-3-5-11)6-7-16(14)24-19(15)22-18(13)21/h6-9,11H,1-5H2,(H2,21,22). The van der Waals surface area contributed by atoms with E-state index in [-0.39, 0.29) is 22.5 Å². The molecule has 2 N–H and O–H groups in total. The Morgan fingerprint density at radius 3 is 2.71 bits per heavy atom. The van der Waals surface area contributed by atoms with Crippen molar-refractivity contribution in [2.45, 2.75) is 38.0 Å². The number of aromatic nitrogens is 1. The molecule has 0 amide bonds. The zero-order valence-corrected chi connectivity index (χ0v) is 13.2. The van der Waals surface area contributed by atoms with Gasteiger partial charge in [-0.1, -0.05) is 25.3 Å². The lowest BCUT2D eigenvalue weighted by molar-refractivity contribution is 0.444. The molecule has 0 spiro atoms. The van der Waals surface area contributed by atoms with E-state index >= 15 is 0 Å². The maximum absolute atomic E-state index is 12.9. The second-order valence-electron chi connectivity index (χ2n) is 6.41. The number of nitriles is 1. The van der Waals surface area contributed by atoms with Crippen LogP contribution in [0.4, 0.5) is 5.82 Å². The van der Waals surface area contributed by atoms with Crippen LogP contribution in [0.5, 0.6) is 0 Å². The molecule has 0 atom stereocenters. The van der Waals surface area contributed by atoms with Crippen LogP contribution in [0, 0.1) is 11.3 Å². The van der Waals surface area contributed by atoms with E-state index in [0.717, 1.165) is 0 Å². The van der Waals surface area contributed by atoms with E-state index in [9.17, 15) is 4.79 Å². The van der Waals surface area contributed by atoms with Gasteiger partial charge in [0.15, 0.2) is 0 Å². The van der Waals surface area contributed by atoms with Crippen molar-refractivity contribution in [3.05, 3.63) is 45.6 Å². The highest BCUT2D eigenvalue weighted by atomic mass is 16.3. The molecule has 2 heterocycles. The van der Waals surface area contributed by atoms with Gasteiger partial charge in [0, 0.05) is 0 Å². The number of benzene rings is 1. The van der Waals surface area contributed by atoms with Crippen molar-refractivity contribution in [2.24, 2.45) is 0 Å². The molecule has 4 rings (SSSR count). The van der Waals surface area contributed by atoms with E-state index < -0.39 is 0 Å². The first-order chi connectivity index (χ1) is 11.7. The van der Waals surface area contributed by atoms with Crippen molar-refractivity contribution in [3.63, 3.8) is 0 Å². The summed E-state index contributed by atoms with van der Waals surface area (Å²) < 4.78 is 5.75. The molecule has 1 aliphatic carbocycles. The van der Waals surface area contributed by atoms with Gasteiger partial charge >= 0.3 is 0 Å². The molecule has 0 saturated heterocycles. The summed E-state index contributed by atoms with van der Waals surface area (Å²) >= 11 is 0. The number of rotatable bonds is 1. The summed E-state index contributed by atoms with van der Waals surface area (Å²) in [5.74, 6) is 0.587. The average Bonchev–Trinajstić information content (AvgIpc) is 2.62. The van der Waals surface area contributed by atoms with Gasteiger partial charge in [0.05, 0.1) is 16.3 Å². The Hall–Kier alpha value is -2.87. The summed E-state index contributed by atoms with van der Waals surface area (Å²) in [6, 6.07) is 9.25. The molecule has 1 fully saturated rings. The van der Waals surface area contributed by atoms with Gasteiger partial charge < -0.3 is 10.2 Å². The zero-order valence-electron chi connectivity index (χ0n) is 13.2. The predicted molar refractivity (Wildman–Crippen MR) is 92.7 cm³/mol. The van der Waals surface area contributed by atoms with Crippen LogP contribution in [-0.2, 0) is 0 Å². The maximum Gasteiger partial charge on any atom is 0.232 e. The minimum atomic E-state index is -0.159. The molecule has 120 valence electrons. The summed E-state index contributed by atoms with van der Waals surface area (Å²) in [6.45, 7) is 0. The molecule has 5 heteroatoms. The largest absolute Gasteiger partial charge is 0.437 e. The van der Waals surface area contributed by atoms with Crippen molar-refractivity contribution in [1.29, 1.82) is 5.26 Å². The Balaban J connectivity index is 1.94. The third kappa shape index (κ3) is 2.31. The van der Waals surface area contributed by atoms with Crippen molar-refractivity contribution in [3.8, 4) is 6.07 Å². The van der Waals surface area contributed by atoms with Crippen LogP contribution in [0.3, 0.4) is 0 Å². The van der Waals surface area contributed by atoms with Crippen molar-refractivity contribution in [1.82, 2.24) is 4.98 Å². The molecular weight excluding hydrogens is 302 g/mol. The van der Waals surface area contributed by atoms with Crippen LogP contribution < -0.4 is 11.2 Å². The molecule has 5 nitrogen and oxygen atoms in total. The van der Waals surface area contributed by atoms with Gasteiger partial charge in [-0.05, 0) is 42.5 Å². The Morgan fingerprint density at radius 2 is 1.96 bits per heavy atom. The molecular formula is C19H17N3O2. The number of nitrogens with zero attached hydrogens (tertiary/aromatic N) is 2. The topological polar surface area (TPSA) is 92.9 Å². The van der Waals surface area contributed by atoms with Crippen LogP contribution in [0.2, 0.25) is 0 Å². The fourth-order valence-electron chi connectivity index (χ4n) is 3.59. The van der Waals surface area contributed by atoms with Crippen LogP contribution in [0.1, 0.15) is 49.1 Å². The normalized spacial score (nSPS) is 15.6. The van der Waals surface area contributed by atoms with Gasteiger partial charge in [-0.2, -0.15) is 10.2 Å². The van der Waals surface area contributed by atoms with Gasteiger partial charge in [-0.3, -0.25) is 4.79 Å². The number of fused-ring (bicyclic) bond motifs is 2. The molecule has 1 aliphatic rings. The van der Waals surface area contributed by atoms with Crippen molar-refractivity contribution in [2.75, 3.05) is 5.73 Å². The minimum Gasteiger partial charge on any atom is -0.437 e. The third-order valence-electron chi connectivity index (χ3n) is 4.91. The summed E-state index contributed by atoms with van der Waals surface area (Å²) in [5.41, 5.74) is 7.62. The molecule has 0 radical (unpaired) electrons. The lowest BCUT2D eigenvalue weighted by Gasteiger charge is -2.22. The van der Waals surface area contributed by atoms with E-state index in [2.05, 4.69) is 4.98 Å². The van der Waals surface area contributed by atoms with Gasteiger partial charge in [0.1, 0.15) is 17.5 Å². The highest BCUT2D eigenvalue weighted by molar-refractivity contribution is 5.89. The van der Waals surface area contributed by atoms with Crippen LogP contribution >= 0.6 is 0 Å². The number of nitrogens with two attached hydrogens (primary N) is 1. The minimum absolute atomic E-state index is 0.0753. The zero-order chi connectivity index (χ0) is 16.7. The summed E-state index contributed by atoms with van der Waals surface area (Å²) in [4.78, 5) is 16.9. The molecule has 1 saturated carbocycles. The highest BCUT2D eigenvalue weighted by Crippen LogP contribution is 2.34. The highest BCUT2D eigenvalue weighted by Gasteiger charge is 2.18. The van der Waals surface area contributed by atoms with E-state index in [4.69, 9.17) is 15.4 Å². The number of hydrogen-bond acceptors (Lipinski definition) is 5. The summed E-state index contributed by atoms with van der Waals surface area (Å²) in [6.07, 6.45) is 6.11. The second-order valence-corrected chi connectivity index (χ2v) is 6.41. The van der Waals surface area contributed by atoms with Crippen LogP contribution in [0.15, 0.2) is 33.5 Å². The lowest BCUT2D eigenvalue weighted by Crippen LogP contribution is -2.08. The van der Waals surface area contributed by atoms with Crippen LogP contribution in [-0.4, -0.2) is 4.98 Å². The Labute approximate surface area is 138 Å². The quantitative estimate of drug-likeness (QED) is 0.688. The van der Waals surface area contributed by atoms with Crippen LogP contribution in [0.25, 0.3) is 22.1 Å². The first-order valence-electron chi connectivity index (χ1n) is 8.24. The van der Waals surface area contributed by atoms with Gasteiger partial charge in [0.25, 0.3) is 0 Å². The summed E-state index contributed by atoms with van der Waals surface area (Å²) in [7, 11) is 0. The first-order valence-corrected chi connectivity index (χ1v) is 8.24. The number of pyridine rings is 1. The smallest absolute Gasteiger partial charge is 0.232 e. The number of anilines is 1. The Morgan fingerprint density at radius 1 is 1.17 bits per heavy atom. The third-order valence-corrected chi connectivity index (χ3v) is 4.91. The lowest BCUT2D eigenvalue weighted by atomic mass is 9.84. The molecule has 24 heavy (non-hydrogen) atoms. The summed E-state index contributed by atoms with van der Waals surface area (Å²) in [5, 5.41) is 9.94. The predicted octanol–water partition coefficient (Wildman–Crippen LogP) is 3.84. The maximum atomic E-state index is 12.9. The van der Waals surface area contributed by atoms with Gasteiger partial charge in [-0.25, -0.2) is 0 Å². The molecule has 0 aliphatic heterocycles. The molecule has 0 bridgehead atoms. The Kier molecular flexibility index (Phi) is 3.46. The van der Waals surface area contributed by atoms with E-state index in [0.29, 0.717) is 22.3 Å². The van der Waals surface area contributed by atoms with Gasteiger partial charge in [-0.15, -0.1) is 0 Å². The number of nitrogen functional groups attached to an aromatic ring is 1. The van der Waals surface area contributed by atoms with E-state index in [1.165, 1.54) is 43.7 Å². The molecule has 2 aromatic heterocycles. The Bertz CT molecular complexity index is 1040. The number of hydrogen-bond donors (Lipinski definition) is 1. The fraction of sp³-hybridized carbons (Fsp3) is 0.316. The molecule has 1 aromatic carbocycles.